The quantitative estimate of drug-likeness (QED) is 0.476. The number of ketones is 1. The molecule has 5 nitrogen and oxygen atoms in total. The van der Waals surface area contributed by atoms with Gasteiger partial charge in [0.2, 0.25) is 0 Å². The molecule has 0 unspecified atom stereocenters. The zero-order valence-electron chi connectivity index (χ0n) is 12.3. The predicted molar refractivity (Wildman–Crippen MR) is 72.4 cm³/mol. The first kappa shape index (κ1) is 17.5. The highest BCUT2D eigenvalue weighted by Crippen LogP contribution is 2.14. The lowest BCUT2D eigenvalue weighted by Crippen LogP contribution is -2.49. The highest BCUT2D eigenvalue weighted by atomic mass is 16.5. The molecule has 3 N–H and O–H groups in total. The minimum atomic E-state index is -0.376. The average Bonchev–Trinajstić information content (AvgIpc) is 2.18. The van der Waals surface area contributed by atoms with Crippen LogP contribution in [0.15, 0.2) is 0 Å². The number of rotatable bonds is 9. The molecule has 0 bridgehead atoms. The highest BCUT2D eigenvalue weighted by Gasteiger charge is 2.20. The summed E-state index contributed by atoms with van der Waals surface area (Å²) in [6, 6.07) is 0. The van der Waals surface area contributed by atoms with Gasteiger partial charge in [0.1, 0.15) is 6.61 Å². The van der Waals surface area contributed by atoms with Crippen molar-refractivity contribution < 1.29 is 14.3 Å². The first-order chi connectivity index (χ1) is 8.13. The second-order valence-electron chi connectivity index (χ2n) is 5.99. The van der Waals surface area contributed by atoms with Gasteiger partial charge in [-0.1, -0.05) is 20.8 Å². The SMILES string of the molecule is CC(C)(N)NCCOCCOCC(=O)C(C)(C)C. The van der Waals surface area contributed by atoms with E-state index in [1.165, 1.54) is 0 Å². The Balaban J connectivity index is 3.35. The highest BCUT2D eigenvalue weighted by molar-refractivity contribution is 5.84. The van der Waals surface area contributed by atoms with Gasteiger partial charge in [0, 0.05) is 12.0 Å². The number of hydrogen-bond acceptors (Lipinski definition) is 5. The summed E-state index contributed by atoms with van der Waals surface area (Å²) >= 11 is 0. The fourth-order valence-corrected chi connectivity index (χ4v) is 1.05. The van der Waals surface area contributed by atoms with Crippen molar-refractivity contribution in [2.24, 2.45) is 11.1 Å². The van der Waals surface area contributed by atoms with E-state index in [4.69, 9.17) is 15.2 Å². The summed E-state index contributed by atoms with van der Waals surface area (Å²) < 4.78 is 10.6. The fourth-order valence-electron chi connectivity index (χ4n) is 1.05. The average molecular weight is 260 g/mol. The van der Waals surface area contributed by atoms with E-state index in [2.05, 4.69) is 5.32 Å². The molecule has 0 radical (unpaired) electrons. The van der Waals surface area contributed by atoms with Gasteiger partial charge in [-0.25, -0.2) is 0 Å². The smallest absolute Gasteiger partial charge is 0.163 e. The molecule has 0 spiro atoms. The van der Waals surface area contributed by atoms with Gasteiger partial charge in [0.05, 0.1) is 25.5 Å². The summed E-state index contributed by atoms with van der Waals surface area (Å²) in [5.74, 6) is 0.106. The van der Waals surface area contributed by atoms with E-state index < -0.39 is 0 Å². The molecule has 0 fully saturated rings. The molecule has 5 heteroatoms. The number of carbonyl (C=O) groups excluding carboxylic acids is 1. The molecule has 0 aliphatic rings. The Morgan fingerprint density at radius 1 is 1.06 bits per heavy atom. The fraction of sp³-hybridized carbons (Fsp3) is 0.923. The molecule has 0 aromatic carbocycles. The minimum Gasteiger partial charge on any atom is -0.378 e. The summed E-state index contributed by atoms with van der Waals surface area (Å²) in [6.07, 6.45) is 0. The Bertz CT molecular complexity index is 242. The first-order valence-electron chi connectivity index (χ1n) is 6.35. The topological polar surface area (TPSA) is 73.6 Å². The van der Waals surface area contributed by atoms with Crippen molar-refractivity contribution in [1.82, 2.24) is 5.32 Å². The van der Waals surface area contributed by atoms with Gasteiger partial charge >= 0.3 is 0 Å². The zero-order chi connectivity index (χ0) is 14.2. The molecule has 0 heterocycles. The van der Waals surface area contributed by atoms with E-state index in [0.29, 0.717) is 26.4 Å². The van der Waals surface area contributed by atoms with Gasteiger partial charge in [-0.2, -0.15) is 0 Å². The number of nitrogens with one attached hydrogen (secondary N) is 1. The van der Waals surface area contributed by atoms with Crippen LogP contribution in [0.25, 0.3) is 0 Å². The van der Waals surface area contributed by atoms with E-state index in [1.54, 1.807) is 0 Å². The standard InChI is InChI=1S/C13H28N2O3/c1-12(2,3)11(16)10-18-9-8-17-7-6-15-13(4,5)14/h15H,6-10,14H2,1-5H3. The number of nitrogens with two attached hydrogens (primary N) is 1. The lowest BCUT2D eigenvalue weighted by molar-refractivity contribution is -0.131. The van der Waals surface area contributed by atoms with Gasteiger partial charge in [-0.05, 0) is 13.8 Å². The van der Waals surface area contributed by atoms with Crippen LogP contribution in [0.4, 0.5) is 0 Å². The van der Waals surface area contributed by atoms with Crippen molar-refractivity contribution in [2.75, 3.05) is 33.0 Å². The molecule has 0 atom stereocenters. The predicted octanol–water partition coefficient (Wildman–Crippen LogP) is 0.919. The molecule has 18 heavy (non-hydrogen) atoms. The molecule has 0 aromatic rings. The van der Waals surface area contributed by atoms with Crippen molar-refractivity contribution in [3.63, 3.8) is 0 Å². The molecule has 0 aliphatic heterocycles. The normalized spacial score (nSPS) is 12.8. The number of ether oxygens (including phenoxy) is 2. The Hall–Kier alpha value is -0.490. The number of carbonyl (C=O) groups is 1. The summed E-state index contributed by atoms with van der Waals surface area (Å²) in [7, 11) is 0. The summed E-state index contributed by atoms with van der Waals surface area (Å²) in [5, 5.41) is 3.11. The number of Topliss-reactive ketones (excluding diaryl/α,β-unsaturated/α-hetero) is 1. The Kier molecular flexibility index (Phi) is 7.62. The van der Waals surface area contributed by atoms with Crippen LogP contribution in [0.3, 0.4) is 0 Å². The molecule has 0 aromatic heterocycles. The van der Waals surface area contributed by atoms with Crippen molar-refractivity contribution in [1.29, 1.82) is 0 Å². The molecule has 0 saturated heterocycles. The first-order valence-corrected chi connectivity index (χ1v) is 6.35. The summed E-state index contributed by atoms with van der Waals surface area (Å²) in [6.45, 7) is 11.8. The molecule has 0 saturated carbocycles. The minimum absolute atomic E-state index is 0.106. The van der Waals surface area contributed by atoms with Crippen LogP contribution in [0.5, 0.6) is 0 Å². The second-order valence-corrected chi connectivity index (χ2v) is 5.99. The Morgan fingerprint density at radius 3 is 2.11 bits per heavy atom. The zero-order valence-corrected chi connectivity index (χ0v) is 12.3. The van der Waals surface area contributed by atoms with E-state index in [9.17, 15) is 4.79 Å². The molecule has 0 aliphatic carbocycles. The molecule has 108 valence electrons. The maximum atomic E-state index is 11.5. The van der Waals surface area contributed by atoms with Crippen LogP contribution in [0.1, 0.15) is 34.6 Å². The van der Waals surface area contributed by atoms with Crippen molar-refractivity contribution in [3.8, 4) is 0 Å². The van der Waals surface area contributed by atoms with Gasteiger partial charge in [-0.15, -0.1) is 0 Å². The van der Waals surface area contributed by atoms with Gasteiger partial charge in [-0.3, -0.25) is 10.1 Å². The Morgan fingerprint density at radius 2 is 1.61 bits per heavy atom. The van der Waals surface area contributed by atoms with E-state index >= 15 is 0 Å². The Labute approximate surface area is 110 Å². The third-order valence-corrected chi connectivity index (χ3v) is 2.27. The maximum Gasteiger partial charge on any atom is 0.163 e. The summed E-state index contributed by atoms with van der Waals surface area (Å²) in [5.41, 5.74) is 5.03. The molecular formula is C13H28N2O3. The van der Waals surface area contributed by atoms with Crippen LogP contribution < -0.4 is 11.1 Å². The van der Waals surface area contributed by atoms with Gasteiger partial charge in [0.25, 0.3) is 0 Å². The second kappa shape index (κ2) is 7.84. The van der Waals surface area contributed by atoms with Crippen LogP contribution in [0.2, 0.25) is 0 Å². The van der Waals surface area contributed by atoms with Crippen LogP contribution in [0, 0.1) is 5.41 Å². The van der Waals surface area contributed by atoms with Crippen LogP contribution in [-0.4, -0.2) is 44.4 Å². The van der Waals surface area contributed by atoms with Crippen LogP contribution >= 0.6 is 0 Å². The summed E-state index contributed by atoms with van der Waals surface area (Å²) in [4.78, 5) is 11.5. The molecular weight excluding hydrogens is 232 g/mol. The molecule has 0 rings (SSSR count). The lowest BCUT2D eigenvalue weighted by atomic mass is 9.91. The maximum absolute atomic E-state index is 11.5. The third-order valence-electron chi connectivity index (χ3n) is 2.27. The largest absolute Gasteiger partial charge is 0.378 e. The van der Waals surface area contributed by atoms with Gasteiger partial charge in [0.15, 0.2) is 5.78 Å². The number of hydrogen-bond donors (Lipinski definition) is 2. The van der Waals surface area contributed by atoms with Crippen molar-refractivity contribution >= 4 is 5.78 Å². The van der Waals surface area contributed by atoms with Crippen molar-refractivity contribution in [2.45, 2.75) is 40.3 Å². The van der Waals surface area contributed by atoms with Crippen LogP contribution in [-0.2, 0) is 14.3 Å². The van der Waals surface area contributed by atoms with E-state index in [1.807, 2.05) is 34.6 Å². The third kappa shape index (κ3) is 10.7. The lowest BCUT2D eigenvalue weighted by Gasteiger charge is -2.20. The monoisotopic (exact) mass is 260 g/mol. The molecule has 0 amide bonds. The van der Waals surface area contributed by atoms with Gasteiger partial charge < -0.3 is 15.2 Å². The van der Waals surface area contributed by atoms with E-state index in [-0.39, 0.29) is 23.5 Å². The van der Waals surface area contributed by atoms with Crippen molar-refractivity contribution in [3.05, 3.63) is 0 Å². The van der Waals surface area contributed by atoms with E-state index in [0.717, 1.165) is 0 Å².